The van der Waals surface area contributed by atoms with E-state index in [9.17, 15) is 0 Å². The average Bonchev–Trinajstić information content (AvgIpc) is 3.43. The van der Waals surface area contributed by atoms with E-state index in [2.05, 4.69) is 38.3 Å². The lowest BCUT2D eigenvalue weighted by Crippen LogP contribution is -2.14. The van der Waals surface area contributed by atoms with Gasteiger partial charge in [-0.2, -0.15) is 10.2 Å². The molecule has 0 saturated carbocycles. The normalized spacial score (nSPS) is 14.7. The van der Waals surface area contributed by atoms with E-state index in [0.29, 0.717) is 4.80 Å². The molecule has 0 bridgehead atoms. The molecular formula is C22H19BrN4OS. The summed E-state index contributed by atoms with van der Waals surface area (Å²) in [6, 6.07) is 15.8. The lowest BCUT2D eigenvalue weighted by molar-refractivity contribution is 0.415. The van der Waals surface area contributed by atoms with E-state index in [1.54, 1.807) is 7.11 Å². The maximum Gasteiger partial charge on any atom is 0.233 e. The third kappa shape index (κ3) is 4.46. The van der Waals surface area contributed by atoms with E-state index >= 15 is 0 Å². The molecule has 1 aromatic heterocycles. The maximum absolute atomic E-state index is 5.25. The monoisotopic (exact) mass is 466 g/mol. The summed E-state index contributed by atoms with van der Waals surface area (Å²) < 4.78 is 8.09. The fourth-order valence-electron chi connectivity index (χ4n) is 2.85. The first-order valence-corrected chi connectivity index (χ1v) is 10.7. The lowest BCUT2D eigenvalue weighted by atomic mass is 10.1. The molecule has 0 radical (unpaired) electrons. The Morgan fingerprint density at radius 3 is 2.41 bits per heavy atom. The van der Waals surface area contributed by atoms with Crippen molar-refractivity contribution >= 4 is 33.0 Å². The van der Waals surface area contributed by atoms with Crippen LogP contribution < -0.4 is 9.54 Å². The zero-order valence-corrected chi connectivity index (χ0v) is 18.4. The number of hydrogen-bond acceptors (Lipinski definition) is 5. The molecule has 4 rings (SSSR count). The van der Waals surface area contributed by atoms with Crippen molar-refractivity contribution in [1.29, 1.82) is 0 Å². The van der Waals surface area contributed by atoms with Crippen molar-refractivity contribution in [3.05, 3.63) is 82.1 Å². The van der Waals surface area contributed by atoms with Crippen LogP contribution in [0.25, 0.3) is 16.3 Å². The van der Waals surface area contributed by atoms with Gasteiger partial charge in [-0.05, 0) is 55.5 Å². The van der Waals surface area contributed by atoms with Gasteiger partial charge in [0, 0.05) is 21.7 Å². The number of halogens is 1. The summed E-state index contributed by atoms with van der Waals surface area (Å²) in [6.45, 7) is 1.99. The van der Waals surface area contributed by atoms with Gasteiger partial charge in [0.1, 0.15) is 10.8 Å². The molecule has 0 unspecified atom stereocenters. The summed E-state index contributed by atoms with van der Waals surface area (Å²) in [5, 5.41) is 14.7. The number of nitrogens with zero attached hydrogens (tertiary/aromatic N) is 4. The number of methoxy groups -OCH3 is 1. The van der Waals surface area contributed by atoms with Crippen LogP contribution in [0.5, 0.6) is 5.75 Å². The maximum atomic E-state index is 5.25. The van der Waals surface area contributed by atoms with Gasteiger partial charge in [0.15, 0.2) is 0 Å². The second-order valence-corrected chi connectivity index (χ2v) is 8.32. The highest BCUT2D eigenvalue weighted by Gasteiger charge is 2.11. The standard InChI is InChI=1S/C22H19BrN4OS/c1-15(16-5-3-4-6-16)24-25-22-27(19-11-9-18(23)10-12-19)26-21(29-22)17-7-13-20(28-2)14-8-17/h3-14,16H,1-2H3/b24-15+,25-22+. The molecule has 7 heteroatoms. The molecule has 1 aliphatic carbocycles. The fourth-order valence-corrected chi connectivity index (χ4v) is 3.97. The van der Waals surface area contributed by atoms with Gasteiger partial charge in [0.05, 0.1) is 12.8 Å². The molecule has 5 nitrogen and oxygen atoms in total. The molecule has 2 aromatic carbocycles. The summed E-state index contributed by atoms with van der Waals surface area (Å²) in [6.07, 6.45) is 8.26. The van der Waals surface area contributed by atoms with Crippen molar-refractivity contribution < 1.29 is 4.74 Å². The molecule has 0 aliphatic heterocycles. The number of rotatable bonds is 5. The summed E-state index contributed by atoms with van der Waals surface area (Å²) >= 11 is 4.98. The number of allylic oxidation sites excluding steroid dienone is 4. The molecular weight excluding hydrogens is 448 g/mol. The zero-order chi connectivity index (χ0) is 20.2. The average molecular weight is 467 g/mol. The second kappa shape index (κ2) is 8.71. The van der Waals surface area contributed by atoms with Crippen molar-refractivity contribution in [2.24, 2.45) is 16.1 Å². The Hall–Kier alpha value is -2.77. The minimum atomic E-state index is 0.203. The molecule has 0 saturated heterocycles. The first-order chi connectivity index (χ1) is 14.1. The van der Waals surface area contributed by atoms with Crippen molar-refractivity contribution in [2.75, 3.05) is 7.11 Å². The molecule has 0 atom stereocenters. The smallest absolute Gasteiger partial charge is 0.233 e. The largest absolute Gasteiger partial charge is 0.497 e. The van der Waals surface area contributed by atoms with E-state index in [1.807, 2.05) is 72.3 Å². The van der Waals surface area contributed by atoms with Crippen LogP contribution in [0, 0.1) is 5.92 Å². The number of hydrogen-bond donors (Lipinski definition) is 0. The predicted molar refractivity (Wildman–Crippen MR) is 122 cm³/mol. The number of ether oxygens (including phenoxy) is 1. The van der Waals surface area contributed by atoms with Crippen LogP contribution in [0.1, 0.15) is 6.92 Å². The predicted octanol–water partition coefficient (Wildman–Crippen LogP) is 5.39. The minimum absolute atomic E-state index is 0.203. The van der Waals surface area contributed by atoms with E-state index in [0.717, 1.165) is 32.2 Å². The Balaban J connectivity index is 1.78. The molecule has 0 N–H and O–H groups in total. The second-order valence-electron chi connectivity index (χ2n) is 6.44. The first kappa shape index (κ1) is 19.5. The van der Waals surface area contributed by atoms with Crippen LogP contribution in [0.15, 0.2) is 87.5 Å². The van der Waals surface area contributed by atoms with Crippen LogP contribution in [-0.4, -0.2) is 22.6 Å². The molecule has 1 aliphatic rings. The molecule has 0 amide bonds. The summed E-state index contributed by atoms with van der Waals surface area (Å²) in [5.41, 5.74) is 2.87. The minimum Gasteiger partial charge on any atom is -0.497 e. The highest BCUT2D eigenvalue weighted by molar-refractivity contribution is 9.10. The lowest BCUT2D eigenvalue weighted by Gasteiger charge is -2.02. The van der Waals surface area contributed by atoms with Crippen molar-refractivity contribution in [3.8, 4) is 22.0 Å². The van der Waals surface area contributed by atoms with Gasteiger partial charge in [0.2, 0.25) is 4.80 Å². The quantitative estimate of drug-likeness (QED) is 0.373. The van der Waals surface area contributed by atoms with E-state index in [4.69, 9.17) is 9.84 Å². The van der Waals surface area contributed by atoms with E-state index in [1.165, 1.54) is 11.3 Å². The topological polar surface area (TPSA) is 51.8 Å². The van der Waals surface area contributed by atoms with Crippen LogP contribution >= 0.6 is 27.3 Å². The van der Waals surface area contributed by atoms with Crippen molar-refractivity contribution in [3.63, 3.8) is 0 Å². The Labute approximate surface area is 181 Å². The first-order valence-electron chi connectivity index (χ1n) is 9.08. The van der Waals surface area contributed by atoms with Gasteiger partial charge >= 0.3 is 0 Å². The van der Waals surface area contributed by atoms with Gasteiger partial charge in [-0.3, -0.25) is 0 Å². The summed E-state index contributed by atoms with van der Waals surface area (Å²) in [7, 11) is 1.66. The third-order valence-corrected chi connectivity index (χ3v) is 5.97. The van der Waals surface area contributed by atoms with Gasteiger partial charge in [-0.1, -0.05) is 51.6 Å². The molecule has 3 aromatic rings. The van der Waals surface area contributed by atoms with Gasteiger partial charge in [-0.25, -0.2) is 4.68 Å². The van der Waals surface area contributed by atoms with Gasteiger partial charge in [-0.15, -0.1) is 5.10 Å². The van der Waals surface area contributed by atoms with Crippen LogP contribution in [0.3, 0.4) is 0 Å². The summed E-state index contributed by atoms with van der Waals surface area (Å²) in [5.74, 6) is 1.02. The molecule has 146 valence electrons. The number of benzene rings is 2. The SMILES string of the molecule is COc1ccc(-c2nn(-c3ccc(Br)cc3)/c(=N\N=C(/C)C3C=CC=C3)s2)cc1. The fraction of sp³-hybridized carbons (Fsp3) is 0.136. The Bertz CT molecular complexity index is 1140. The Morgan fingerprint density at radius 1 is 1.07 bits per heavy atom. The van der Waals surface area contributed by atoms with Crippen LogP contribution in [0.2, 0.25) is 0 Å². The summed E-state index contributed by atoms with van der Waals surface area (Å²) in [4.78, 5) is 0.712. The van der Waals surface area contributed by atoms with Crippen LogP contribution in [0.4, 0.5) is 0 Å². The zero-order valence-electron chi connectivity index (χ0n) is 16.0. The van der Waals surface area contributed by atoms with E-state index < -0.39 is 0 Å². The van der Waals surface area contributed by atoms with Gasteiger partial charge < -0.3 is 4.74 Å². The van der Waals surface area contributed by atoms with Crippen LogP contribution in [-0.2, 0) is 0 Å². The highest BCUT2D eigenvalue weighted by atomic mass is 79.9. The van der Waals surface area contributed by atoms with E-state index in [-0.39, 0.29) is 5.92 Å². The molecule has 0 fully saturated rings. The third-order valence-electron chi connectivity index (χ3n) is 4.49. The number of aromatic nitrogens is 2. The van der Waals surface area contributed by atoms with Crippen molar-refractivity contribution in [2.45, 2.75) is 6.92 Å². The molecule has 29 heavy (non-hydrogen) atoms. The van der Waals surface area contributed by atoms with Gasteiger partial charge in [0.25, 0.3) is 0 Å². The van der Waals surface area contributed by atoms with Crippen molar-refractivity contribution in [1.82, 2.24) is 9.78 Å². The Morgan fingerprint density at radius 2 is 1.76 bits per heavy atom. The Kier molecular flexibility index (Phi) is 5.87. The highest BCUT2D eigenvalue weighted by Crippen LogP contribution is 2.23. The molecule has 0 spiro atoms. The molecule has 1 heterocycles.